The second kappa shape index (κ2) is 22.2. The summed E-state index contributed by atoms with van der Waals surface area (Å²) in [6, 6.07) is 26.1. The highest BCUT2D eigenvalue weighted by Crippen LogP contribution is 2.31. The third kappa shape index (κ3) is 11.5. The molecular formula is C58H70N10O8. The molecule has 0 aliphatic carbocycles. The maximum absolute atomic E-state index is 13.6. The van der Waals surface area contributed by atoms with E-state index in [1.165, 1.54) is 4.90 Å². The van der Waals surface area contributed by atoms with Gasteiger partial charge in [-0.15, -0.1) is 0 Å². The molecular weight excluding hydrogens is 965 g/mol. The fourth-order valence-corrected chi connectivity index (χ4v) is 10.7. The summed E-state index contributed by atoms with van der Waals surface area (Å²) in [5, 5.41) is 18.8. The zero-order chi connectivity index (χ0) is 53.9. The third-order valence-electron chi connectivity index (χ3n) is 14.8. The number of carbonyl (C=O) groups is 6. The first-order valence-electron chi connectivity index (χ1n) is 26.7. The van der Waals surface area contributed by atoms with Crippen molar-refractivity contribution in [3.8, 4) is 22.5 Å². The lowest BCUT2D eigenvalue weighted by molar-refractivity contribution is 0.0140. The predicted octanol–water partition coefficient (Wildman–Crippen LogP) is 8.80. The van der Waals surface area contributed by atoms with Gasteiger partial charge in [0, 0.05) is 94.2 Å². The number of carboxylic acid groups (broad SMARTS) is 1. The lowest BCUT2D eigenvalue weighted by Gasteiger charge is -2.45. The molecule has 76 heavy (non-hydrogen) atoms. The number of likely N-dealkylation sites (tertiary alicyclic amines) is 2. The van der Waals surface area contributed by atoms with E-state index in [4.69, 9.17) is 4.74 Å². The third-order valence-corrected chi connectivity index (χ3v) is 14.8. The van der Waals surface area contributed by atoms with E-state index in [1.807, 2.05) is 124 Å². The van der Waals surface area contributed by atoms with Gasteiger partial charge in [0.15, 0.2) is 0 Å². The number of amides is 6. The zero-order valence-electron chi connectivity index (χ0n) is 44.6. The van der Waals surface area contributed by atoms with Gasteiger partial charge in [-0.1, -0.05) is 57.2 Å². The summed E-state index contributed by atoms with van der Waals surface area (Å²) in [6.07, 6.45) is 8.43. The number of pyridine rings is 2. The van der Waals surface area contributed by atoms with Gasteiger partial charge >= 0.3 is 12.2 Å². The number of nitrogens with zero attached hydrogens (tertiary/aromatic N) is 10. The Kier molecular flexibility index (Phi) is 15.5. The van der Waals surface area contributed by atoms with Gasteiger partial charge in [-0.3, -0.25) is 19.2 Å². The fraction of sp³-hybridized carbons (Fsp3) is 0.448. The molecule has 4 aromatic heterocycles. The molecule has 6 aromatic rings. The van der Waals surface area contributed by atoms with Crippen LogP contribution in [0.25, 0.3) is 33.5 Å². The number of hydrogen-bond donors (Lipinski definition) is 1. The number of ether oxygens (including phenoxy) is 1. The summed E-state index contributed by atoms with van der Waals surface area (Å²) in [4.78, 5) is 87.8. The number of rotatable bonds is 6. The molecule has 4 saturated heterocycles. The number of fused-ring (bicyclic) bond motifs is 2. The van der Waals surface area contributed by atoms with Crippen molar-refractivity contribution in [2.75, 3.05) is 72.0 Å². The Morgan fingerprint density at radius 1 is 0.500 bits per heavy atom. The average molecular weight is 1040 g/mol. The van der Waals surface area contributed by atoms with Gasteiger partial charge < -0.3 is 39.2 Å². The van der Waals surface area contributed by atoms with E-state index in [9.17, 15) is 33.9 Å². The molecule has 1 atom stereocenters. The first-order chi connectivity index (χ1) is 36.4. The van der Waals surface area contributed by atoms with Crippen LogP contribution in [0.5, 0.6) is 0 Å². The highest BCUT2D eigenvalue weighted by Gasteiger charge is 2.40. The first-order valence-corrected chi connectivity index (χ1v) is 26.7. The molecule has 0 radical (unpaired) electrons. The summed E-state index contributed by atoms with van der Waals surface area (Å²) in [5.41, 5.74) is 6.20. The van der Waals surface area contributed by atoms with Gasteiger partial charge in [0.2, 0.25) is 0 Å². The molecule has 400 valence electrons. The fourth-order valence-electron chi connectivity index (χ4n) is 10.7. The van der Waals surface area contributed by atoms with Gasteiger partial charge in [0.25, 0.3) is 23.6 Å². The van der Waals surface area contributed by atoms with E-state index >= 15 is 0 Å². The molecule has 6 amide bonds. The Morgan fingerprint density at radius 3 is 1.37 bits per heavy atom. The molecule has 0 saturated carbocycles. The van der Waals surface area contributed by atoms with Crippen molar-refractivity contribution in [3.63, 3.8) is 0 Å². The Balaban J connectivity index is 0.000000186. The van der Waals surface area contributed by atoms with Crippen molar-refractivity contribution in [1.82, 2.24) is 48.6 Å². The number of benzene rings is 2. The SMILES string of the molecule is CC(C)(C)C1CN(C(=O)c2cccc(-c3cccc4c(C(=O)N5CCCCC5)cnn34)c2)CCN1C(=O)O.CC(C)(C)OC(=O)N1CCN(C(=O)c2cccc(-c3cccc4c(C(=O)N5CCCCC5)cnn34)c2)CC1. The Morgan fingerprint density at radius 2 is 0.921 bits per heavy atom. The topological polar surface area (TPSA) is 186 Å². The molecule has 1 unspecified atom stereocenters. The summed E-state index contributed by atoms with van der Waals surface area (Å²) < 4.78 is 9.00. The van der Waals surface area contributed by atoms with E-state index in [0.717, 1.165) is 98.3 Å². The van der Waals surface area contributed by atoms with Crippen LogP contribution in [0.1, 0.15) is 121 Å². The van der Waals surface area contributed by atoms with Crippen molar-refractivity contribution in [1.29, 1.82) is 0 Å². The molecule has 0 bridgehead atoms. The normalized spacial score (nSPS) is 17.6. The molecule has 18 heteroatoms. The Hall–Kier alpha value is -7.76. The summed E-state index contributed by atoms with van der Waals surface area (Å²) in [5.74, 6) is -0.176. The van der Waals surface area contributed by atoms with Crippen LogP contribution in [0.2, 0.25) is 0 Å². The molecule has 2 aromatic carbocycles. The van der Waals surface area contributed by atoms with Crippen LogP contribution >= 0.6 is 0 Å². The van der Waals surface area contributed by atoms with Gasteiger partial charge in [-0.05, 0) is 113 Å². The summed E-state index contributed by atoms with van der Waals surface area (Å²) >= 11 is 0. The minimum atomic E-state index is -0.954. The van der Waals surface area contributed by atoms with Gasteiger partial charge in [0.05, 0.1) is 52.0 Å². The molecule has 1 N–H and O–H groups in total. The molecule has 0 spiro atoms. The van der Waals surface area contributed by atoms with Gasteiger partial charge in [-0.2, -0.15) is 10.2 Å². The highest BCUT2D eigenvalue weighted by molar-refractivity contribution is 6.02. The standard InChI is InChI=1S/2C29H35N5O4/c1-29(2,3)38-28(37)33-17-15-32(16-18-33)26(35)22-10-7-9-21(19-22)24-11-8-12-25-23(20-30-34(24)25)27(36)31-13-5-4-6-14-31;1-29(2,3)25-19-32(15-16-33(25)28(37)38)26(35)21-10-7-9-20(17-21)23-11-8-12-24-22(18-30-34(23)24)27(36)31-13-5-4-6-14-31/h7-12,19-20H,4-6,13-18H2,1-3H3;7-12,17-18,25H,4-6,13-16,19H2,1-3H3,(H,37,38). The Bertz CT molecular complexity index is 3130. The molecule has 18 nitrogen and oxygen atoms in total. The smallest absolute Gasteiger partial charge is 0.410 e. The first kappa shape index (κ1) is 53.1. The largest absolute Gasteiger partial charge is 0.465 e. The van der Waals surface area contributed by atoms with E-state index in [-0.39, 0.29) is 47.7 Å². The van der Waals surface area contributed by atoms with Crippen molar-refractivity contribution >= 4 is 46.8 Å². The quantitative estimate of drug-likeness (QED) is 0.169. The molecule has 10 rings (SSSR count). The lowest BCUT2D eigenvalue weighted by atomic mass is 9.84. The minimum absolute atomic E-state index is 0.00897. The van der Waals surface area contributed by atoms with Crippen molar-refractivity contribution in [2.45, 2.75) is 91.7 Å². The average Bonchev–Trinajstić information content (AvgIpc) is 4.08. The van der Waals surface area contributed by atoms with E-state index in [2.05, 4.69) is 10.2 Å². The van der Waals surface area contributed by atoms with Crippen LogP contribution < -0.4 is 0 Å². The maximum Gasteiger partial charge on any atom is 0.410 e. The lowest BCUT2D eigenvalue weighted by Crippen LogP contribution is -2.60. The monoisotopic (exact) mass is 1030 g/mol. The van der Waals surface area contributed by atoms with Crippen molar-refractivity contribution in [3.05, 3.63) is 120 Å². The van der Waals surface area contributed by atoms with E-state index in [1.54, 1.807) is 48.3 Å². The number of hydrogen-bond acceptors (Lipinski definition) is 9. The van der Waals surface area contributed by atoms with Gasteiger partial charge in [-0.25, -0.2) is 18.6 Å². The number of piperazine rings is 2. The minimum Gasteiger partial charge on any atom is -0.465 e. The number of carbonyl (C=O) groups excluding carboxylic acids is 5. The van der Waals surface area contributed by atoms with Crippen LogP contribution in [0.15, 0.2) is 97.3 Å². The maximum atomic E-state index is 13.6. The van der Waals surface area contributed by atoms with Crippen LogP contribution in [-0.2, 0) is 4.74 Å². The van der Waals surface area contributed by atoms with Crippen molar-refractivity contribution < 1.29 is 38.6 Å². The number of piperidine rings is 2. The van der Waals surface area contributed by atoms with Crippen LogP contribution in [0.4, 0.5) is 9.59 Å². The molecule has 4 aliphatic rings. The second-order valence-corrected chi connectivity index (χ2v) is 22.3. The van der Waals surface area contributed by atoms with E-state index in [0.29, 0.717) is 61.5 Å². The van der Waals surface area contributed by atoms with Crippen LogP contribution in [-0.4, -0.2) is 173 Å². The Labute approximate surface area is 443 Å². The summed E-state index contributed by atoms with van der Waals surface area (Å²) in [6.45, 7) is 17.4. The van der Waals surface area contributed by atoms with E-state index < -0.39 is 11.7 Å². The predicted molar refractivity (Wildman–Crippen MR) is 288 cm³/mol. The highest BCUT2D eigenvalue weighted by atomic mass is 16.6. The zero-order valence-corrected chi connectivity index (χ0v) is 44.6. The number of aromatic nitrogens is 4. The van der Waals surface area contributed by atoms with Gasteiger partial charge in [0.1, 0.15) is 5.60 Å². The van der Waals surface area contributed by atoms with Crippen molar-refractivity contribution in [2.24, 2.45) is 5.41 Å². The van der Waals surface area contributed by atoms with Crippen LogP contribution in [0, 0.1) is 5.41 Å². The van der Waals surface area contributed by atoms with Crippen LogP contribution in [0.3, 0.4) is 0 Å². The summed E-state index contributed by atoms with van der Waals surface area (Å²) in [7, 11) is 0. The second-order valence-electron chi connectivity index (χ2n) is 22.3. The molecule has 4 aliphatic heterocycles. The molecule has 4 fully saturated rings. The molecule has 8 heterocycles.